The van der Waals surface area contributed by atoms with Gasteiger partial charge in [0, 0.05) is 11.6 Å². The molecule has 1 rings (SSSR count). The highest BCUT2D eigenvalue weighted by atomic mass is 16.5. The number of benzene rings is 1. The highest BCUT2D eigenvalue weighted by molar-refractivity contribution is 5.97. The van der Waals surface area contributed by atoms with E-state index in [1.807, 2.05) is 6.92 Å². The maximum atomic E-state index is 11.1. The number of carboxylic acids is 1. The Hall–Kier alpha value is -1.91. The zero-order valence-electron chi connectivity index (χ0n) is 9.53. The second-order valence-corrected chi connectivity index (χ2v) is 3.21. The predicted octanol–water partition coefficient (Wildman–Crippen LogP) is 1.55. The van der Waals surface area contributed by atoms with Crippen molar-refractivity contribution in [1.29, 1.82) is 0 Å². The van der Waals surface area contributed by atoms with E-state index in [-0.39, 0.29) is 11.3 Å². The van der Waals surface area contributed by atoms with Crippen molar-refractivity contribution in [2.24, 2.45) is 0 Å². The number of rotatable bonds is 4. The van der Waals surface area contributed by atoms with Crippen LogP contribution in [-0.2, 0) is 6.42 Å². The first kappa shape index (κ1) is 12.2. The number of carboxylic acid groups (broad SMARTS) is 1. The van der Waals surface area contributed by atoms with E-state index in [0.717, 1.165) is 0 Å². The van der Waals surface area contributed by atoms with Gasteiger partial charge in [-0.15, -0.1) is 0 Å². The van der Waals surface area contributed by atoms with Gasteiger partial charge in [-0.3, -0.25) is 0 Å². The van der Waals surface area contributed by atoms with Crippen LogP contribution in [0.1, 0.15) is 22.8 Å². The SMILES string of the molecule is CCc1c(OC)c(OC)cc(N)c1C(=O)O. The molecule has 0 aromatic heterocycles. The lowest BCUT2D eigenvalue weighted by Gasteiger charge is -2.15. The molecule has 0 saturated heterocycles. The van der Waals surface area contributed by atoms with Crippen molar-refractivity contribution in [1.82, 2.24) is 0 Å². The molecule has 0 atom stereocenters. The van der Waals surface area contributed by atoms with E-state index in [2.05, 4.69) is 0 Å². The van der Waals surface area contributed by atoms with Crippen LogP contribution in [0.4, 0.5) is 5.69 Å². The number of hydrogen-bond donors (Lipinski definition) is 2. The highest BCUT2D eigenvalue weighted by Crippen LogP contribution is 2.37. The fourth-order valence-electron chi connectivity index (χ4n) is 1.68. The van der Waals surface area contributed by atoms with E-state index < -0.39 is 5.97 Å². The molecule has 0 heterocycles. The minimum atomic E-state index is -1.06. The van der Waals surface area contributed by atoms with E-state index in [0.29, 0.717) is 23.5 Å². The largest absolute Gasteiger partial charge is 0.493 e. The molecule has 0 fully saturated rings. The van der Waals surface area contributed by atoms with Crippen molar-refractivity contribution in [2.75, 3.05) is 20.0 Å². The van der Waals surface area contributed by atoms with Gasteiger partial charge < -0.3 is 20.3 Å². The van der Waals surface area contributed by atoms with Crippen LogP contribution in [0.5, 0.6) is 11.5 Å². The molecule has 16 heavy (non-hydrogen) atoms. The van der Waals surface area contributed by atoms with E-state index >= 15 is 0 Å². The fourth-order valence-corrected chi connectivity index (χ4v) is 1.68. The van der Waals surface area contributed by atoms with Crippen LogP contribution in [0.25, 0.3) is 0 Å². The van der Waals surface area contributed by atoms with Crippen molar-refractivity contribution in [2.45, 2.75) is 13.3 Å². The molecular formula is C11H15NO4. The van der Waals surface area contributed by atoms with Gasteiger partial charge in [-0.1, -0.05) is 6.92 Å². The quantitative estimate of drug-likeness (QED) is 0.760. The first-order valence-corrected chi connectivity index (χ1v) is 4.83. The Kier molecular flexibility index (Phi) is 3.60. The molecule has 1 aromatic carbocycles. The Morgan fingerprint density at radius 2 is 2.06 bits per heavy atom. The lowest BCUT2D eigenvalue weighted by Crippen LogP contribution is -2.09. The normalized spacial score (nSPS) is 9.94. The fraction of sp³-hybridized carbons (Fsp3) is 0.364. The molecule has 5 nitrogen and oxygen atoms in total. The highest BCUT2D eigenvalue weighted by Gasteiger charge is 2.21. The standard InChI is InChI=1S/C11H15NO4/c1-4-6-9(11(13)14)7(12)5-8(15-2)10(6)16-3/h5H,4,12H2,1-3H3,(H,13,14). The maximum Gasteiger partial charge on any atom is 0.338 e. The number of nitrogens with two attached hydrogens (primary N) is 1. The van der Waals surface area contributed by atoms with Crippen LogP contribution in [-0.4, -0.2) is 25.3 Å². The molecule has 0 radical (unpaired) electrons. The zero-order valence-corrected chi connectivity index (χ0v) is 9.53. The summed E-state index contributed by atoms with van der Waals surface area (Å²) in [5.41, 5.74) is 6.50. The van der Waals surface area contributed by atoms with Crippen LogP contribution in [0, 0.1) is 0 Å². The van der Waals surface area contributed by atoms with E-state index in [9.17, 15) is 4.79 Å². The van der Waals surface area contributed by atoms with Gasteiger partial charge in [0.1, 0.15) is 0 Å². The summed E-state index contributed by atoms with van der Waals surface area (Å²) in [7, 11) is 2.95. The lowest BCUT2D eigenvalue weighted by atomic mass is 10.0. The third kappa shape index (κ3) is 1.88. The van der Waals surface area contributed by atoms with Gasteiger partial charge in [0.15, 0.2) is 11.5 Å². The number of hydrogen-bond acceptors (Lipinski definition) is 4. The second-order valence-electron chi connectivity index (χ2n) is 3.21. The second kappa shape index (κ2) is 4.74. The smallest absolute Gasteiger partial charge is 0.338 e. The lowest BCUT2D eigenvalue weighted by molar-refractivity contribution is 0.0696. The first-order chi connectivity index (χ1) is 7.56. The third-order valence-electron chi connectivity index (χ3n) is 2.37. The number of nitrogen functional groups attached to an aromatic ring is 1. The Morgan fingerprint density at radius 3 is 2.44 bits per heavy atom. The van der Waals surface area contributed by atoms with Crippen LogP contribution in [0.3, 0.4) is 0 Å². The van der Waals surface area contributed by atoms with Gasteiger partial charge in [0.2, 0.25) is 0 Å². The van der Waals surface area contributed by atoms with Crippen molar-refractivity contribution >= 4 is 11.7 Å². The van der Waals surface area contributed by atoms with Crippen LogP contribution in [0.2, 0.25) is 0 Å². The average Bonchev–Trinajstić information content (AvgIpc) is 2.26. The molecule has 0 spiro atoms. The number of anilines is 1. The number of aromatic carboxylic acids is 1. The van der Waals surface area contributed by atoms with Gasteiger partial charge in [0.25, 0.3) is 0 Å². The maximum absolute atomic E-state index is 11.1. The minimum absolute atomic E-state index is 0.0835. The number of methoxy groups -OCH3 is 2. The molecule has 1 aromatic rings. The molecule has 0 aliphatic carbocycles. The van der Waals surface area contributed by atoms with Crippen molar-refractivity contribution in [3.8, 4) is 11.5 Å². The molecule has 0 bridgehead atoms. The van der Waals surface area contributed by atoms with Crippen LogP contribution in [0.15, 0.2) is 6.07 Å². The molecule has 0 amide bonds. The third-order valence-corrected chi connectivity index (χ3v) is 2.37. The molecule has 3 N–H and O–H groups in total. The predicted molar refractivity (Wildman–Crippen MR) is 60.3 cm³/mol. The molecular weight excluding hydrogens is 210 g/mol. The van der Waals surface area contributed by atoms with Gasteiger partial charge >= 0.3 is 5.97 Å². The van der Waals surface area contributed by atoms with Gasteiger partial charge in [-0.05, 0) is 6.42 Å². The molecule has 0 unspecified atom stereocenters. The monoisotopic (exact) mass is 225 g/mol. The van der Waals surface area contributed by atoms with E-state index in [4.69, 9.17) is 20.3 Å². The summed E-state index contributed by atoms with van der Waals surface area (Å²) in [4.78, 5) is 11.1. The Bertz CT molecular complexity index is 415. The van der Waals surface area contributed by atoms with E-state index in [1.54, 1.807) is 0 Å². The first-order valence-electron chi connectivity index (χ1n) is 4.83. The summed E-state index contributed by atoms with van der Waals surface area (Å²) < 4.78 is 10.3. The summed E-state index contributed by atoms with van der Waals surface area (Å²) >= 11 is 0. The molecule has 0 aliphatic heterocycles. The van der Waals surface area contributed by atoms with Crippen molar-refractivity contribution < 1.29 is 19.4 Å². The zero-order chi connectivity index (χ0) is 12.3. The number of carbonyl (C=O) groups is 1. The molecule has 0 aliphatic rings. The Balaban J connectivity index is 3.57. The van der Waals surface area contributed by atoms with Gasteiger partial charge in [0.05, 0.1) is 25.5 Å². The summed E-state index contributed by atoms with van der Waals surface area (Å²) in [5.74, 6) is -0.186. The topological polar surface area (TPSA) is 81.8 Å². The Morgan fingerprint density at radius 1 is 1.44 bits per heavy atom. The molecule has 0 saturated carbocycles. The van der Waals surface area contributed by atoms with Gasteiger partial charge in [-0.25, -0.2) is 4.79 Å². The van der Waals surface area contributed by atoms with Gasteiger partial charge in [-0.2, -0.15) is 0 Å². The van der Waals surface area contributed by atoms with Crippen molar-refractivity contribution in [3.63, 3.8) is 0 Å². The summed E-state index contributed by atoms with van der Waals surface area (Å²) in [6.07, 6.45) is 0.506. The average molecular weight is 225 g/mol. The molecule has 5 heteroatoms. The minimum Gasteiger partial charge on any atom is -0.493 e. The summed E-state index contributed by atoms with van der Waals surface area (Å²) in [6, 6.07) is 1.46. The number of ether oxygens (including phenoxy) is 2. The van der Waals surface area contributed by atoms with Crippen LogP contribution >= 0.6 is 0 Å². The Labute approximate surface area is 93.8 Å². The van der Waals surface area contributed by atoms with Crippen LogP contribution < -0.4 is 15.2 Å². The van der Waals surface area contributed by atoms with Crippen molar-refractivity contribution in [3.05, 3.63) is 17.2 Å². The summed E-state index contributed by atoms with van der Waals surface area (Å²) in [6.45, 7) is 1.84. The molecule has 88 valence electrons. The summed E-state index contributed by atoms with van der Waals surface area (Å²) in [5, 5.41) is 9.08. The van der Waals surface area contributed by atoms with E-state index in [1.165, 1.54) is 20.3 Å².